The van der Waals surface area contributed by atoms with Gasteiger partial charge >= 0.3 is 5.97 Å². The molecule has 1 heterocycles. The molecule has 0 aliphatic rings. The van der Waals surface area contributed by atoms with E-state index in [1.54, 1.807) is 25.1 Å². The second kappa shape index (κ2) is 6.11. The van der Waals surface area contributed by atoms with Crippen LogP contribution in [-0.2, 0) is 4.74 Å². The molecule has 2 aromatic rings. The average Bonchev–Trinajstić information content (AvgIpc) is 2.83. The average molecular weight is 312 g/mol. The number of rotatable bonds is 4. The molecule has 4 nitrogen and oxygen atoms in total. The van der Waals surface area contributed by atoms with Gasteiger partial charge in [-0.2, -0.15) is 0 Å². The van der Waals surface area contributed by atoms with Crippen molar-refractivity contribution >= 4 is 35.5 Å². The molecule has 20 heavy (non-hydrogen) atoms. The third-order valence-electron chi connectivity index (χ3n) is 2.66. The summed E-state index contributed by atoms with van der Waals surface area (Å²) < 4.78 is 4.97. The largest absolute Gasteiger partial charge is 0.462 e. The molecule has 0 fully saturated rings. The Bertz CT molecular complexity index is 664. The lowest BCUT2D eigenvalue weighted by molar-refractivity contribution is 0.0527. The van der Waals surface area contributed by atoms with Crippen molar-refractivity contribution in [3.05, 3.63) is 45.6 Å². The van der Waals surface area contributed by atoms with Gasteiger partial charge in [-0.1, -0.05) is 23.2 Å². The fourth-order valence-corrected chi connectivity index (χ4v) is 2.32. The molecule has 0 spiro atoms. The lowest BCUT2D eigenvalue weighted by Crippen LogP contribution is -2.05. The Balaban J connectivity index is 2.57. The van der Waals surface area contributed by atoms with Gasteiger partial charge < -0.3 is 9.72 Å². The van der Waals surface area contributed by atoms with Gasteiger partial charge in [0.05, 0.1) is 28.6 Å². The van der Waals surface area contributed by atoms with E-state index in [0.29, 0.717) is 27.6 Å². The molecule has 0 aliphatic heterocycles. The monoisotopic (exact) mass is 311 g/mol. The Kier molecular flexibility index (Phi) is 4.47. The van der Waals surface area contributed by atoms with E-state index in [0.717, 1.165) is 0 Å². The molecule has 0 saturated carbocycles. The maximum Gasteiger partial charge on any atom is 0.340 e. The van der Waals surface area contributed by atoms with Crippen molar-refractivity contribution in [1.29, 1.82) is 0 Å². The van der Waals surface area contributed by atoms with Crippen LogP contribution in [0.25, 0.3) is 11.3 Å². The number of ether oxygens (including phenoxy) is 1. The van der Waals surface area contributed by atoms with Crippen LogP contribution in [0.5, 0.6) is 0 Å². The highest BCUT2D eigenvalue weighted by Gasteiger charge is 2.19. The van der Waals surface area contributed by atoms with Gasteiger partial charge in [0.25, 0.3) is 0 Å². The zero-order chi connectivity index (χ0) is 14.7. The fraction of sp³-hybridized carbons (Fsp3) is 0.143. The molecule has 6 heteroatoms. The second-order valence-corrected chi connectivity index (χ2v) is 4.82. The van der Waals surface area contributed by atoms with Crippen LogP contribution in [0.15, 0.2) is 24.3 Å². The number of benzene rings is 1. The standard InChI is InChI=1S/C14H11Cl2NO3/c1-2-20-14(19)11-6-9(7-18)17-13(11)10-4-3-8(15)5-12(10)16/h3-7,17H,2H2,1H3. The van der Waals surface area contributed by atoms with Crippen LogP contribution < -0.4 is 0 Å². The molecule has 1 aromatic carbocycles. The number of aldehydes is 1. The minimum atomic E-state index is -0.516. The topological polar surface area (TPSA) is 59.2 Å². The molecule has 0 atom stereocenters. The number of halogens is 2. The van der Waals surface area contributed by atoms with Gasteiger partial charge in [0, 0.05) is 10.6 Å². The predicted octanol–water partition coefficient (Wildman–Crippen LogP) is 3.98. The van der Waals surface area contributed by atoms with E-state index in [1.807, 2.05) is 0 Å². The third-order valence-corrected chi connectivity index (χ3v) is 3.21. The number of hydrogen-bond donors (Lipinski definition) is 1. The maximum absolute atomic E-state index is 11.9. The van der Waals surface area contributed by atoms with Crippen molar-refractivity contribution < 1.29 is 14.3 Å². The molecule has 1 aromatic heterocycles. The molecule has 0 saturated heterocycles. The van der Waals surface area contributed by atoms with Crippen molar-refractivity contribution in [2.45, 2.75) is 6.92 Å². The molecule has 1 N–H and O–H groups in total. The number of carbonyl (C=O) groups excluding carboxylic acids is 2. The number of H-pyrrole nitrogens is 1. The number of hydrogen-bond acceptors (Lipinski definition) is 3. The number of aromatic amines is 1. The predicted molar refractivity (Wildman–Crippen MR) is 77.6 cm³/mol. The molecular weight excluding hydrogens is 301 g/mol. The first-order valence-electron chi connectivity index (χ1n) is 5.87. The summed E-state index contributed by atoms with van der Waals surface area (Å²) in [4.78, 5) is 25.7. The molecule has 104 valence electrons. The summed E-state index contributed by atoms with van der Waals surface area (Å²) in [6.45, 7) is 1.95. The molecule has 0 aliphatic carbocycles. The van der Waals surface area contributed by atoms with Gasteiger partial charge in [0.2, 0.25) is 0 Å². The summed E-state index contributed by atoms with van der Waals surface area (Å²) in [5.41, 5.74) is 1.55. The van der Waals surface area contributed by atoms with Crippen LogP contribution in [0.1, 0.15) is 27.8 Å². The Morgan fingerprint density at radius 3 is 2.70 bits per heavy atom. The number of carbonyl (C=O) groups is 2. The van der Waals surface area contributed by atoms with Gasteiger partial charge in [-0.3, -0.25) is 4.79 Å². The number of nitrogens with one attached hydrogen (secondary N) is 1. The smallest absolute Gasteiger partial charge is 0.340 e. The zero-order valence-electron chi connectivity index (χ0n) is 10.6. The summed E-state index contributed by atoms with van der Waals surface area (Å²) in [7, 11) is 0. The van der Waals surface area contributed by atoms with Crippen LogP contribution in [-0.4, -0.2) is 23.8 Å². The van der Waals surface area contributed by atoms with Gasteiger partial charge in [-0.05, 0) is 31.2 Å². The van der Waals surface area contributed by atoms with E-state index < -0.39 is 5.97 Å². The van der Waals surface area contributed by atoms with Crippen LogP contribution in [0.2, 0.25) is 10.0 Å². The first kappa shape index (κ1) is 14.6. The van der Waals surface area contributed by atoms with Crippen LogP contribution in [0, 0.1) is 0 Å². The molecule has 0 radical (unpaired) electrons. The zero-order valence-corrected chi connectivity index (χ0v) is 12.1. The van der Waals surface area contributed by atoms with Crippen LogP contribution in [0.4, 0.5) is 0 Å². The summed E-state index contributed by atoms with van der Waals surface area (Å²) in [6, 6.07) is 6.33. The van der Waals surface area contributed by atoms with E-state index in [4.69, 9.17) is 27.9 Å². The lowest BCUT2D eigenvalue weighted by atomic mass is 10.1. The fourth-order valence-electron chi connectivity index (χ4n) is 1.81. The van der Waals surface area contributed by atoms with Gasteiger partial charge in [-0.15, -0.1) is 0 Å². The molecule has 2 rings (SSSR count). The Labute approximate surface area is 125 Å². The minimum Gasteiger partial charge on any atom is -0.462 e. The highest BCUT2D eigenvalue weighted by atomic mass is 35.5. The van der Waals surface area contributed by atoms with Crippen molar-refractivity contribution in [3.63, 3.8) is 0 Å². The van der Waals surface area contributed by atoms with Crippen molar-refractivity contribution in [1.82, 2.24) is 4.98 Å². The molecule has 0 bridgehead atoms. The molecular formula is C14H11Cl2NO3. The third kappa shape index (κ3) is 2.86. The molecule has 0 amide bonds. The normalized spacial score (nSPS) is 10.3. The highest BCUT2D eigenvalue weighted by molar-refractivity contribution is 6.36. The van der Waals surface area contributed by atoms with Gasteiger partial charge in [-0.25, -0.2) is 4.79 Å². The summed E-state index contributed by atoms with van der Waals surface area (Å²) in [6.07, 6.45) is 0.621. The highest BCUT2D eigenvalue weighted by Crippen LogP contribution is 2.32. The summed E-state index contributed by atoms with van der Waals surface area (Å²) >= 11 is 12.0. The van der Waals surface area contributed by atoms with E-state index in [2.05, 4.69) is 4.98 Å². The van der Waals surface area contributed by atoms with Crippen molar-refractivity contribution in [2.75, 3.05) is 6.61 Å². The first-order valence-corrected chi connectivity index (χ1v) is 6.63. The van der Waals surface area contributed by atoms with Crippen LogP contribution in [0.3, 0.4) is 0 Å². The first-order chi connectivity index (χ1) is 9.56. The quantitative estimate of drug-likeness (QED) is 0.686. The van der Waals surface area contributed by atoms with E-state index in [1.165, 1.54) is 6.07 Å². The number of aromatic nitrogens is 1. The van der Waals surface area contributed by atoms with Gasteiger partial charge in [0.15, 0.2) is 6.29 Å². The minimum absolute atomic E-state index is 0.244. The van der Waals surface area contributed by atoms with E-state index in [-0.39, 0.29) is 17.9 Å². The Morgan fingerprint density at radius 2 is 2.10 bits per heavy atom. The summed E-state index contributed by atoms with van der Waals surface area (Å²) in [5, 5.41) is 0.862. The molecule has 0 unspecified atom stereocenters. The van der Waals surface area contributed by atoms with E-state index >= 15 is 0 Å². The van der Waals surface area contributed by atoms with Crippen molar-refractivity contribution in [2.24, 2.45) is 0 Å². The lowest BCUT2D eigenvalue weighted by Gasteiger charge is -2.06. The van der Waals surface area contributed by atoms with Crippen LogP contribution >= 0.6 is 23.2 Å². The Morgan fingerprint density at radius 1 is 1.35 bits per heavy atom. The van der Waals surface area contributed by atoms with Crippen molar-refractivity contribution in [3.8, 4) is 11.3 Å². The van der Waals surface area contributed by atoms with Gasteiger partial charge in [0.1, 0.15) is 0 Å². The van der Waals surface area contributed by atoms with E-state index in [9.17, 15) is 9.59 Å². The maximum atomic E-state index is 11.9. The summed E-state index contributed by atoms with van der Waals surface area (Å²) in [5.74, 6) is -0.516. The Hall–Kier alpha value is -1.78. The number of esters is 1. The second-order valence-electron chi connectivity index (χ2n) is 3.98. The SMILES string of the molecule is CCOC(=O)c1cc(C=O)[nH]c1-c1ccc(Cl)cc1Cl.